The van der Waals surface area contributed by atoms with Gasteiger partial charge in [0.1, 0.15) is 0 Å². The zero-order valence-electron chi connectivity index (χ0n) is 11.7. The smallest absolute Gasteiger partial charge is 0.254 e. The molecule has 1 N–H and O–H groups in total. The van der Waals surface area contributed by atoms with Crippen LogP contribution in [-0.4, -0.2) is 15.7 Å². The van der Waals surface area contributed by atoms with Gasteiger partial charge >= 0.3 is 0 Å². The number of hydrogen-bond acceptors (Lipinski definition) is 3. The summed E-state index contributed by atoms with van der Waals surface area (Å²) < 4.78 is 1.63. The quantitative estimate of drug-likeness (QED) is 0.937. The molecule has 2 aromatic heterocycles. The van der Waals surface area contributed by atoms with Gasteiger partial charge in [-0.3, -0.25) is 9.48 Å². The van der Waals surface area contributed by atoms with E-state index in [4.69, 9.17) is 0 Å². The first-order valence-electron chi connectivity index (χ1n) is 6.21. The number of amides is 1. The molecular weight excluding hydrogens is 258 g/mol. The molecule has 0 aromatic carbocycles. The Morgan fingerprint density at radius 1 is 1.47 bits per heavy atom. The van der Waals surface area contributed by atoms with E-state index in [1.54, 1.807) is 35.5 Å². The predicted octanol–water partition coefficient (Wildman–Crippen LogP) is 3.00. The lowest BCUT2D eigenvalue weighted by Gasteiger charge is -2.30. The van der Waals surface area contributed by atoms with E-state index in [-0.39, 0.29) is 17.4 Å². The SMILES string of the molecule is Cn1cc(C(=O)NC(c2cccs2)C(C)(C)C)cn1. The molecule has 0 bridgehead atoms. The molecule has 2 heterocycles. The Hall–Kier alpha value is -1.62. The lowest BCUT2D eigenvalue weighted by molar-refractivity contribution is 0.0903. The van der Waals surface area contributed by atoms with Crippen molar-refractivity contribution in [1.29, 1.82) is 0 Å². The second-order valence-corrected chi connectivity index (χ2v) is 6.67. The summed E-state index contributed by atoms with van der Waals surface area (Å²) in [5, 5.41) is 9.17. The van der Waals surface area contributed by atoms with Gasteiger partial charge in [-0.25, -0.2) is 0 Å². The maximum absolute atomic E-state index is 12.3. The first-order valence-corrected chi connectivity index (χ1v) is 7.09. The highest BCUT2D eigenvalue weighted by molar-refractivity contribution is 7.10. The molecule has 0 fully saturated rings. The van der Waals surface area contributed by atoms with Crippen molar-refractivity contribution in [2.24, 2.45) is 12.5 Å². The van der Waals surface area contributed by atoms with E-state index >= 15 is 0 Å². The minimum absolute atomic E-state index is 0.000191. The van der Waals surface area contributed by atoms with Crippen LogP contribution in [0.15, 0.2) is 29.9 Å². The van der Waals surface area contributed by atoms with Crippen LogP contribution >= 0.6 is 11.3 Å². The van der Waals surface area contributed by atoms with Crippen LogP contribution in [0.4, 0.5) is 0 Å². The molecule has 1 amide bonds. The number of rotatable bonds is 3. The van der Waals surface area contributed by atoms with Gasteiger partial charge in [0.25, 0.3) is 5.91 Å². The van der Waals surface area contributed by atoms with Gasteiger partial charge in [-0.15, -0.1) is 11.3 Å². The third-order valence-electron chi connectivity index (χ3n) is 2.94. The molecule has 0 aliphatic rings. The van der Waals surface area contributed by atoms with E-state index in [0.29, 0.717) is 5.56 Å². The van der Waals surface area contributed by atoms with Crippen molar-refractivity contribution in [2.45, 2.75) is 26.8 Å². The number of hydrogen-bond donors (Lipinski definition) is 1. The third kappa shape index (κ3) is 3.23. The van der Waals surface area contributed by atoms with E-state index in [9.17, 15) is 4.79 Å². The summed E-state index contributed by atoms with van der Waals surface area (Å²) in [6.45, 7) is 6.38. The van der Waals surface area contributed by atoms with E-state index in [0.717, 1.165) is 0 Å². The predicted molar refractivity (Wildman–Crippen MR) is 77.2 cm³/mol. The van der Waals surface area contributed by atoms with Crippen molar-refractivity contribution in [1.82, 2.24) is 15.1 Å². The Morgan fingerprint density at radius 3 is 2.68 bits per heavy atom. The number of nitrogens with zero attached hydrogens (tertiary/aromatic N) is 2. The lowest BCUT2D eigenvalue weighted by atomic mass is 9.85. The number of thiophene rings is 1. The molecule has 102 valence electrons. The van der Waals surface area contributed by atoms with Gasteiger partial charge in [-0.1, -0.05) is 26.8 Å². The van der Waals surface area contributed by atoms with Crippen molar-refractivity contribution in [3.63, 3.8) is 0 Å². The van der Waals surface area contributed by atoms with Crippen molar-refractivity contribution in [3.05, 3.63) is 40.3 Å². The van der Waals surface area contributed by atoms with Crippen LogP contribution in [0.25, 0.3) is 0 Å². The molecule has 4 nitrogen and oxygen atoms in total. The summed E-state index contributed by atoms with van der Waals surface area (Å²) in [5.74, 6) is -0.0820. The monoisotopic (exact) mass is 277 g/mol. The van der Waals surface area contributed by atoms with Crippen LogP contribution < -0.4 is 5.32 Å². The summed E-state index contributed by atoms with van der Waals surface area (Å²) in [7, 11) is 1.80. The average molecular weight is 277 g/mol. The molecule has 0 radical (unpaired) electrons. The number of carbonyl (C=O) groups excluding carboxylic acids is 1. The van der Waals surface area contributed by atoms with Gasteiger partial charge in [0.2, 0.25) is 0 Å². The van der Waals surface area contributed by atoms with E-state index in [2.05, 4.69) is 37.3 Å². The van der Waals surface area contributed by atoms with Gasteiger partial charge < -0.3 is 5.32 Å². The van der Waals surface area contributed by atoms with Crippen LogP contribution in [0.3, 0.4) is 0 Å². The Bertz CT molecular complexity index is 552. The van der Waals surface area contributed by atoms with Gasteiger partial charge in [0.15, 0.2) is 0 Å². The molecule has 0 aliphatic carbocycles. The second-order valence-electron chi connectivity index (χ2n) is 5.69. The molecule has 2 aromatic rings. The first kappa shape index (κ1) is 13.8. The Balaban J connectivity index is 2.20. The van der Waals surface area contributed by atoms with Gasteiger partial charge in [-0.05, 0) is 16.9 Å². The number of aryl methyl sites for hydroxylation is 1. The largest absolute Gasteiger partial charge is 0.344 e. The Morgan fingerprint density at radius 2 is 2.21 bits per heavy atom. The van der Waals surface area contributed by atoms with Crippen LogP contribution in [0.1, 0.15) is 42.0 Å². The van der Waals surface area contributed by atoms with Gasteiger partial charge in [0.05, 0.1) is 17.8 Å². The first-order chi connectivity index (χ1) is 8.88. The third-order valence-corrected chi connectivity index (χ3v) is 3.87. The van der Waals surface area contributed by atoms with Gasteiger partial charge in [-0.2, -0.15) is 5.10 Å². The number of aromatic nitrogens is 2. The molecule has 1 atom stereocenters. The van der Waals surface area contributed by atoms with Crippen molar-refractivity contribution in [3.8, 4) is 0 Å². The molecule has 2 rings (SSSR count). The summed E-state index contributed by atoms with van der Waals surface area (Å²) in [6.07, 6.45) is 3.31. The Labute approximate surface area is 117 Å². The molecule has 0 spiro atoms. The molecule has 5 heteroatoms. The van der Waals surface area contributed by atoms with Crippen LogP contribution in [0, 0.1) is 5.41 Å². The summed E-state index contributed by atoms with van der Waals surface area (Å²) in [4.78, 5) is 13.4. The van der Waals surface area contributed by atoms with Crippen molar-refractivity contribution >= 4 is 17.2 Å². The molecule has 19 heavy (non-hydrogen) atoms. The van der Waals surface area contributed by atoms with E-state index in [1.165, 1.54) is 4.88 Å². The molecule has 0 saturated heterocycles. The number of carbonyl (C=O) groups is 1. The van der Waals surface area contributed by atoms with Crippen LogP contribution in [0.2, 0.25) is 0 Å². The molecule has 1 unspecified atom stereocenters. The minimum Gasteiger partial charge on any atom is -0.344 e. The lowest BCUT2D eigenvalue weighted by Crippen LogP contribution is -2.36. The van der Waals surface area contributed by atoms with Crippen molar-refractivity contribution in [2.75, 3.05) is 0 Å². The fourth-order valence-electron chi connectivity index (χ4n) is 1.92. The summed E-state index contributed by atoms with van der Waals surface area (Å²) in [6, 6.07) is 4.07. The topological polar surface area (TPSA) is 46.9 Å². The highest BCUT2D eigenvalue weighted by Gasteiger charge is 2.29. The molecule has 0 aliphatic heterocycles. The minimum atomic E-state index is -0.0820. The van der Waals surface area contributed by atoms with Crippen molar-refractivity contribution < 1.29 is 4.79 Å². The van der Waals surface area contributed by atoms with Gasteiger partial charge in [0, 0.05) is 18.1 Å². The maximum atomic E-state index is 12.3. The fourth-order valence-corrected chi connectivity index (χ4v) is 2.94. The standard InChI is InChI=1S/C14H19N3OS/c1-14(2,3)12(11-6-5-7-19-11)16-13(18)10-8-15-17(4)9-10/h5-9,12H,1-4H3,(H,16,18). The van der Waals surface area contributed by atoms with E-state index in [1.807, 2.05) is 11.4 Å². The zero-order valence-corrected chi connectivity index (χ0v) is 12.5. The Kier molecular flexibility index (Phi) is 3.75. The highest BCUT2D eigenvalue weighted by atomic mass is 32.1. The number of nitrogens with one attached hydrogen (secondary N) is 1. The summed E-state index contributed by atoms with van der Waals surface area (Å²) in [5.41, 5.74) is 0.552. The zero-order chi connectivity index (χ0) is 14.0. The van der Waals surface area contributed by atoms with Crippen LogP contribution in [-0.2, 0) is 7.05 Å². The fraction of sp³-hybridized carbons (Fsp3) is 0.429. The highest BCUT2D eigenvalue weighted by Crippen LogP contribution is 2.35. The molecule has 0 saturated carbocycles. The summed E-state index contributed by atoms with van der Waals surface area (Å²) >= 11 is 1.66. The van der Waals surface area contributed by atoms with E-state index < -0.39 is 0 Å². The maximum Gasteiger partial charge on any atom is 0.254 e. The normalized spacial score (nSPS) is 13.3. The van der Waals surface area contributed by atoms with Crippen LogP contribution in [0.5, 0.6) is 0 Å². The second kappa shape index (κ2) is 5.17. The molecular formula is C14H19N3OS. The average Bonchev–Trinajstić information content (AvgIpc) is 2.94.